The summed E-state index contributed by atoms with van der Waals surface area (Å²) >= 11 is 7.12. The number of aromatic nitrogens is 3. The molecule has 2 aromatic carbocycles. The van der Waals surface area contributed by atoms with Crippen LogP contribution in [0.15, 0.2) is 53.7 Å². The first kappa shape index (κ1) is 23.7. The fourth-order valence-electron chi connectivity index (χ4n) is 2.94. The van der Waals surface area contributed by atoms with Gasteiger partial charge in [0.15, 0.2) is 11.0 Å². The molecule has 2 N–H and O–H groups in total. The number of benzene rings is 2. The van der Waals surface area contributed by atoms with Crippen LogP contribution in [0, 0.1) is 11.7 Å². The summed E-state index contributed by atoms with van der Waals surface area (Å²) in [6.07, 6.45) is 0. The van der Waals surface area contributed by atoms with Crippen LogP contribution in [-0.4, -0.2) is 32.3 Å². The molecule has 0 unspecified atom stereocenters. The summed E-state index contributed by atoms with van der Waals surface area (Å²) < 4.78 is 14.8. The number of carbonyl (C=O) groups is 2. The lowest BCUT2D eigenvalue weighted by atomic mass is 10.0. The van der Waals surface area contributed by atoms with Gasteiger partial charge in [0, 0.05) is 23.3 Å². The smallest absolute Gasteiger partial charge is 0.251 e. The lowest BCUT2D eigenvalue weighted by Crippen LogP contribution is -2.33. The molecule has 1 heterocycles. The molecule has 0 bridgehead atoms. The van der Waals surface area contributed by atoms with Crippen molar-refractivity contribution in [1.29, 1.82) is 0 Å². The Morgan fingerprint density at radius 3 is 2.38 bits per heavy atom. The van der Waals surface area contributed by atoms with E-state index in [4.69, 9.17) is 11.6 Å². The Labute approximate surface area is 194 Å². The van der Waals surface area contributed by atoms with E-state index in [0.29, 0.717) is 27.3 Å². The molecule has 0 saturated carbocycles. The Morgan fingerprint density at radius 2 is 1.75 bits per heavy atom. The summed E-state index contributed by atoms with van der Waals surface area (Å²) in [4.78, 5) is 24.9. The highest BCUT2D eigenvalue weighted by Crippen LogP contribution is 2.25. The summed E-state index contributed by atoms with van der Waals surface area (Å²) in [7, 11) is 1.79. The van der Waals surface area contributed by atoms with Gasteiger partial charge in [0.2, 0.25) is 5.91 Å². The minimum Gasteiger partial charge on any atom is -0.342 e. The number of hydrogen-bond donors (Lipinski definition) is 2. The van der Waals surface area contributed by atoms with Crippen LogP contribution in [0.1, 0.15) is 36.1 Å². The number of carbonyl (C=O) groups excluding carboxylic acids is 2. The third kappa shape index (κ3) is 6.08. The van der Waals surface area contributed by atoms with Crippen molar-refractivity contribution in [2.45, 2.75) is 25.0 Å². The number of nitrogens with one attached hydrogen (secondary N) is 2. The fourth-order valence-corrected chi connectivity index (χ4v) is 3.78. The van der Waals surface area contributed by atoms with Crippen molar-refractivity contribution in [3.63, 3.8) is 0 Å². The van der Waals surface area contributed by atoms with Gasteiger partial charge in [-0.05, 0) is 54.4 Å². The van der Waals surface area contributed by atoms with E-state index in [1.54, 1.807) is 35.9 Å². The monoisotopic (exact) mass is 475 g/mol. The van der Waals surface area contributed by atoms with E-state index in [1.165, 1.54) is 36.0 Å². The van der Waals surface area contributed by atoms with E-state index in [9.17, 15) is 14.0 Å². The lowest BCUT2D eigenvalue weighted by molar-refractivity contribution is -0.113. The van der Waals surface area contributed by atoms with Gasteiger partial charge in [0.05, 0.1) is 11.8 Å². The topological polar surface area (TPSA) is 88.9 Å². The highest BCUT2D eigenvalue weighted by Gasteiger charge is 2.25. The normalized spacial score (nSPS) is 11.9. The van der Waals surface area contributed by atoms with Crippen LogP contribution in [0.5, 0.6) is 0 Å². The maximum absolute atomic E-state index is 13.0. The standard InChI is InChI=1S/C22H23ClFN5O2S/c1-13(2)19(26-21(31)14-4-6-15(23)7-5-14)20-27-28-22(29(20)3)32-12-18(30)25-17-10-8-16(24)9-11-17/h4-11,13,19H,12H2,1-3H3,(H,25,30)(H,26,31)/t19-/m0/s1. The molecule has 1 aromatic heterocycles. The van der Waals surface area contributed by atoms with E-state index < -0.39 is 0 Å². The zero-order valence-electron chi connectivity index (χ0n) is 17.8. The summed E-state index contributed by atoms with van der Waals surface area (Å²) in [5.74, 6) is -0.115. The maximum atomic E-state index is 13.0. The quantitative estimate of drug-likeness (QED) is 0.469. The first-order valence-electron chi connectivity index (χ1n) is 9.88. The van der Waals surface area contributed by atoms with Crippen molar-refractivity contribution in [3.05, 3.63) is 70.8 Å². The van der Waals surface area contributed by atoms with Gasteiger partial charge in [-0.3, -0.25) is 9.59 Å². The Kier molecular flexibility index (Phi) is 7.87. The summed E-state index contributed by atoms with van der Waals surface area (Å²) in [6.45, 7) is 3.95. The maximum Gasteiger partial charge on any atom is 0.251 e. The Hall–Kier alpha value is -2.91. The highest BCUT2D eigenvalue weighted by atomic mass is 35.5. The largest absolute Gasteiger partial charge is 0.342 e. The Balaban J connectivity index is 1.65. The predicted molar refractivity (Wildman–Crippen MR) is 123 cm³/mol. The number of hydrogen-bond acceptors (Lipinski definition) is 5. The number of thioether (sulfide) groups is 1. The molecule has 7 nitrogen and oxygen atoms in total. The van der Waals surface area contributed by atoms with Crippen LogP contribution in [0.25, 0.3) is 0 Å². The van der Waals surface area contributed by atoms with Crippen LogP contribution in [0.2, 0.25) is 5.02 Å². The van der Waals surface area contributed by atoms with Crippen molar-refractivity contribution >= 4 is 40.9 Å². The highest BCUT2D eigenvalue weighted by molar-refractivity contribution is 7.99. The molecule has 0 aliphatic rings. The number of amides is 2. The van der Waals surface area contributed by atoms with E-state index in [1.807, 2.05) is 13.8 Å². The first-order chi connectivity index (χ1) is 15.2. The van der Waals surface area contributed by atoms with Gasteiger partial charge in [0.25, 0.3) is 5.91 Å². The first-order valence-corrected chi connectivity index (χ1v) is 11.2. The predicted octanol–water partition coefficient (Wildman–Crippen LogP) is 4.47. The van der Waals surface area contributed by atoms with Crippen molar-refractivity contribution in [3.8, 4) is 0 Å². The average Bonchev–Trinajstić information content (AvgIpc) is 3.12. The molecule has 3 aromatic rings. The second-order valence-corrected chi connectivity index (χ2v) is 8.82. The molecular formula is C22H23ClFN5O2S. The molecule has 0 fully saturated rings. The summed E-state index contributed by atoms with van der Waals surface area (Å²) in [5, 5.41) is 15.2. The molecule has 168 valence electrons. The number of anilines is 1. The van der Waals surface area contributed by atoms with Crippen molar-refractivity contribution in [2.75, 3.05) is 11.1 Å². The van der Waals surface area contributed by atoms with E-state index in [0.717, 1.165) is 0 Å². The molecule has 2 amide bonds. The SMILES string of the molecule is CC(C)[C@H](NC(=O)c1ccc(Cl)cc1)c1nnc(SCC(=O)Nc2ccc(F)cc2)n1C. The van der Waals surface area contributed by atoms with E-state index in [-0.39, 0.29) is 35.3 Å². The Morgan fingerprint density at radius 1 is 1.09 bits per heavy atom. The van der Waals surface area contributed by atoms with Crippen molar-refractivity contribution in [1.82, 2.24) is 20.1 Å². The zero-order valence-corrected chi connectivity index (χ0v) is 19.4. The minimum atomic E-state index is -0.377. The van der Waals surface area contributed by atoms with E-state index >= 15 is 0 Å². The van der Waals surface area contributed by atoms with Gasteiger partial charge < -0.3 is 15.2 Å². The van der Waals surface area contributed by atoms with E-state index in [2.05, 4.69) is 20.8 Å². The molecule has 0 aliphatic carbocycles. The Bertz CT molecular complexity index is 1090. The molecule has 32 heavy (non-hydrogen) atoms. The van der Waals surface area contributed by atoms with Crippen LogP contribution in [0.4, 0.5) is 10.1 Å². The number of nitrogens with zero attached hydrogens (tertiary/aromatic N) is 3. The second kappa shape index (κ2) is 10.6. The number of rotatable bonds is 8. The van der Waals surface area contributed by atoms with Crippen molar-refractivity contribution in [2.24, 2.45) is 13.0 Å². The minimum absolute atomic E-state index is 0.0498. The van der Waals surface area contributed by atoms with Gasteiger partial charge in [-0.1, -0.05) is 37.2 Å². The third-order valence-electron chi connectivity index (χ3n) is 4.67. The summed E-state index contributed by atoms with van der Waals surface area (Å²) in [5.41, 5.74) is 1.01. The molecule has 0 aliphatic heterocycles. The van der Waals surface area contributed by atoms with Gasteiger partial charge in [-0.15, -0.1) is 10.2 Å². The molecule has 0 saturated heterocycles. The molecule has 0 radical (unpaired) electrons. The lowest BCUT2D eigenvalue weighted by Gasteiger charge is -2.21. The molecule has 0 spiro atoms. The van der Waals surface area contributed by atoms with Gasteiger partial charge >= 0.3 is 0 Å². The number of halogens is 2. The van der Waals surface area contributed by atoms with Gasteiger partial charge in [-0.25, -0.2) is 4.39 Å². The zero-order chi connectivity index (χ0) is 23.3. The van der Waals surface area contributed by atoms with Crippen LogP contribution < -0.4 is 10.6 Å². The fraction of sp³-hybridized carbons (Fsp3) is 0.273. The molecular weight excluding hydrogens is 453 g/mol. The van der Waals surface area contributed by atoms with Crippen LogP contribution in [0.3, 0.4) is 0 Å². The van der Waals surface area contributed by atoms with Crippen LogP contribution >= 0.6 is 23.4 Å². The third-order valence-corrected chi connectivity index (χ3v) is 5.94. The summed E-state index contributed by atoms with van der Waals surface area (Å²) in [6, 6.07) is 11.8. The van der Waals surface area contributed by atoms with Crippen molar-refractivity contribution < 1.29 is 14.0 Å². The van der Waals surface area contributed by atoms with Crippen LogP contribution in [-0.2, 0) is 11.8 Å². The van der Waals surface area contributed by atoms with Gasteiger partial charge in [0.1, 0.15) is 5.82 Å². The molecule has 3 rings (SSSR count). The molecule has 10 heteroatoms. The van der Waals surface area contributed by atoms with Gasteiger partial charge in [-0.2, -0.15) is 0 Å². The molecule has 1 atom stereocenters. The second-order valence-electron chi connectivity index (χ2n) is 7.45. The average molecular weight is 476 g/mol.